The predicted octanol–water partition coefficient (Wildman–Crippen LogP) is 1.18. The maximum atomic E-state index is 12.7. The Balaban J connectivity index is 0.00000242. The first-order chi connectivity index (χ1) is 9.95. The average Bonchev–Trinajstić information content (AvgIpc) is 2.48. The van der Waals surface area contributed by atoms with E-state index < -0.39 is 5.54 Å². The van der Waals surface area contributed by atoms with Gasteiger partial charge in [0, 0.05) is 37.2 Å². The first kappa shape index (κ1) is 19.4. The van der Waals surface area contributed by atoms with Gasteiger partial charge in [0.25, 0.3) is 0 Å². The Morgan fingerprint density at radius 2 is 1.82 bits per heavy atom. The summed E-state index contributed by atoms with van der Waals surface area (Å²) in [7, 11) is 0. The first-order valence-electron chi connectivity index (χ1n) is 7.12. The SMILES string of the molecule is CC(N)(C(=O)N1CCN(CCO)CC1)c1ccc(Br)cc1.Cl. The zero-order valence-corrected chi connectivity index (χ0v) is 15.1. The normalized spacial score (nSPS) is 18.5. The van der Waals surface area contributed by atoms with Crippen molar-refractivity contribution in [3.05, 3.63) is 34.3 Å². The van der Waals surface area contributed by atoms with E-state index in [0.29, 0.717) is 19.6 Å². The number of β-amino-alcohol motifs (C(OH)–C–C–N with tert-alkyl or cyclic N) is 1. The van der Waals surface area contributed by atoms with Crippen LogP contribution in [0.25, 0.3) is 0 Å². The van der Waals surface area contributed by atoms with Crippen molar-refractivity contribution >= 4 is 34.2 Å². The lowest BCUT2D eigenvalue weighted by molar-refractivity contribution is -0.138. The van der Waals surface area contributed by atoms with Gasteiger partial charge in [-0.2, -0.15) is 0 Å². The number of nitrogens with zero attached hydrogens (tertiary/aromatic N) is 2. The highest BCUT2D eigenvalue weighted by Crippen LogP contribution is 2.23. The maximum absolute atomic E-state index is 12.7. The van der Waals surface area contributed by atoms with Crippen molar-refractivity contribution in [3.63, 3.8) is 0 Å². The zero-order chi connectivity index (χ0) is 15.5. The number of amides is 1. The van der Waals surface area contributed by atoms with E-state index in [4.69, 9.17) is 10.8 Å². The van der Waals surface area contributed by atoms with Crippen molar-refractivity contribution in [2.45, 2.75) is 12.5 Å². The van der Waals surface area contributed by atoms with Crippen LogP contribution >= 0.6 is 28.3 Å². The van der Waals surface area contributed by atoms with Crippen LogP contribution < -0.4 is 5.73 Å². The quantitative estimate of drug-likeness (QED) is 0.807. The van der Waals surface area contributed by atoms with Gasteiger partial charge in [-0.3, -0.25) is 9.69 Å². The van der Waals surface area contributed by atoms with Crippen LogP contribution in [-0.4, -0.2) is 60.1 Å². The lowest BCUT2D eigenvalue weighted by atomic mass is 9.91. The molecule has 1 aliphatic rings. The summed E-state index contributed by atoms with van der Waals surface area (Å²) >= 11 is 3.39. The van der Waals surface area contributed by atoms with Gasteiger partial charge in [0.05, 0.1) is 6.61 Å². The molecule has 0 radical (unpaired) electrons. The molecule has 1 aliphatic heterocycles. The molecule has 7 heteroatoms. The molecule has 1 atom stereocenters. The molecule has 0 aromatic heterocycles. The number of hydrogen-bond acceptors (Lipinski definition) is 4. The Morgan fingerprint density at radius 3 is 2.32 bits per heavy atom. The molecular formula is C15H23BrClN3O2. The fraction of sp³-hybridized carbons (Fsp3) is 0.533. The van der Waals surface area contributed by atoms with E-state index in [1.807, 2.05) is 29.2 Å². The van der Waals surface area contributed by atoms with E-state index in [1.165, 1.54) is 0 Å². The van der Waals surface area contributed by atoms with Crippen molar-refractivity contribution in [1.82, 2.24) is 9.80 Å². The Bertz CT molecular complexity index is 488. The van der Waals surface area contributed by atoms with Crippen LogP contribution in [0.2, 0.25) is 0 Å². The van der Waals surface area contributed by atoms with Crippen LogP contribution in [0.15, 0.2) is 28.7 Å². The molecule has 0 spiro atoms. The Morgan fingerprint density at radius 1 is 1.27 bits per heavy atom. The summed E-state index contributed by atoms with van der Waals surface area (Å²) in [4.78, 5) is 16.7. The third-order valence-corrected chi connectivity index (χ3v) is 4.49. The smallest absolute Gasteiger partial charge is 0.247 e. The summed E-state index contributed by atoms with van der Waals surface area (Å²) in [6, 6.07) is 7.55. The molecule has 124 valence electrons. The number of nitrogens with two attached hydrogens (primary N) is 1. The van der Waals surface area contributed by atoms with Gasteiger partial charge < -0.3 is 15.7 Å². The Labute approximate surface area is 146 Å². The number of piperazine rings is 1. The molecule has 1 saturated heterocycles. The van der Waals surface area contributed by atoms with Crippen LogP contribution in [0.4, 0.5) is 0 Å². The number of rotatable bonds is 4. The third-order valence-electron chi connectivity index (χ3n) is 3.96. The molecule has 0 aliphatic carbocycles. The largest absolute Gasteiger partial charge is 0.395 e. The maximum Gasteiger partial charge on any atom is 0.247 e. The molecule has 0 bridgehead atoms. The summed E-state index contributed by atoms with van der Waals surface area (Å²) < 4.78 is 0.965. The van der Waals surface area contributed by atoms with E-state index in [9.17, 15) is 4.79 Å². The molecule has 1 aromatic rings. The minimum absolute atomic E-state index is 0. The lowest BCUT2D eigenvalue weighted by Gasteiger charge is -2.38. The lowest BCUT2D eigenvalue weighted by Crippen LogP contribution is -2.57. The number of benzene rings is 1. The monoisotopic (exact) mass is 391 g/mol. The van der Waals surface area contributed by atoms with Crippen molar-refractivity contribution in [3.8, 4) is 0 Å². The molecule has 1 aromatic carbocycles. The van der Waals surface area contributed by atoms with E-state index in [2.05, 4.69) is 20.8 Å². The fourth-order valence-electron chi connectivity index (χ4n) is 2.56. The van der Waals surface area contributed by atoms with E-state index >= 15 is 0 Å². The van der Waals surface area contributed by atoms with Crippen LogP contribution in [0.3, 0.4) is 0 Å². The molecule has 1 fully saturated rings. The summed E-state index contributed by atoms with van der Waals surface area (Å²) in [6.45, 7) is 5.45. The van der Waals surface area contributed by atoms with E-state index in [-0.39, 0.29) is 24.9 Å². The van der Waals surface area contributed by atoms with Gasteiger partial charge in [-0.25, -0.2) is 0 Å². The number of carbonyl (C=O) groups is 1. The van der Waals surface area contributed by atoms with E-state index in [0.717, 1.165) is 23.1 Å². The number of halogens is 2. The second-order valence-corrected chi connectivity index (χ2v) is 6.48. The number of carbonyl (C=O) groups excluding carboxylic acids is 1. The average molecular weight is 393 g/mol. The van der Waals surface area contributed by atoms with Gasteiger partial charge in [-0.05, 0) is 24.6 Å². The molecule has 0 saturated carbocycles. The fourth-order valence-corrected chi connectivity index (χ4v) is 2.83. The molecule has 2 rings (SSSR count). The van der Waals surface area contributed by atoms with E-state index in [1.54, 1.807) is 6.92 Å². The summed E-state index contributed by atoms with van der Waals surface area (Å²) in [5.41, 5.74) is 6.10. The Kier molecular flexibility index (Phi) is 7.28. The zero-order valence-electron chi connectivity index (χ0n) is 12.7. The summed E-state index contributed by atoms with van der Waals surface area (Å²) in [5.74, 6) is -0.0477. The topological polar surface area (TPSA) is 69.8 Å². The van der Waals surface area contributed by atoms with Crippen molar-refractivity contribution in [2.75, 3.05) is 39.3 Å². The van der Waals surface area contributed by atoms with Crippen LogP contribution in [0.5, 0.6) is 0 Å². The van der Waals surface area contributed by atoms with Gasteiger partial charge in [0.2, 0.25) is 5.91 Å². The van der Waals surface area contributed by atoms with Gasteiger partial charge in [0.1, 0.15) is 5.54 Å². The van der Waals surface area contributed by atoms with Crippen LogP contribution in [0, 0.1) is 0 Å². The van der Waals surface area contributed by atoms with Gasteiger partial charge in [-0.15, -0.1) is 12.4 Å². The number of aliphatic hydroxyl groups is 1. The second kappa shape index (κ2) is 8.26. The van der Waals surface area contributed by atoms with Gasteiger partial charge in [-0.1, -0.05) is 28.1 Å². The minimum Gasteiger partial charge on any atom is -0.395 e. The number of hydrogen-bond donors (Lipinski definition) is 2. The molecule has 22 heavy (non-hydrogen) atoms. The minimum atomic E-state index is -1.01. The van der Waals surface area contributed by atoms with Crippen LogP contribution in [0.1, 0.15) is 12.5 Å². The van der Waals surface area contributed by atoms with Crippen molar-refractivity contribution in [2.24, 2.45) is 5.73 Å². The van der Waals surface area contributed by atoms with Gasteiger partial charge in [0.15, 0.2) is 0 Å². The molecule has 5 nitrogen and oxygen atoms in total. The van der Waals surface area contributed by atoms with Crippen LogP contribution in [-0.2, 0) is 10.3 Å². The molecular weight excluding hydrogens is 370 g/mol. The highest BCUT2D eigenvalue weighted by atomic mass is 79.9. The van der Waals surface area contributed by atoms with Crippen molar-refractivity contribution in [1.29, 1.82) is 0 Å². The summed E-state index contributed by atoms with van der Waals surface area (Å²) in [5, 5.41) is 8.95. The molecule has 1 unspecified atom stereocenters. The molecule has 3 N–H and O–H groups in total. The molecule has 1 amide bonds. The van der Waals surface area contributed by atoms with Crippen molar-refractivity contribution < 1.29 is 9.90 Å². The highest BCUT2D eigenvalue weighted by Gasteiger charge is 2.35. The predicted molar refractivity (Wildman–Crippen MR) is 93.0 cm³/mol. The molecule has 1 heterocycles. The standard InChI is InChI=1S/C15H22BrN3O2.ClH/c1-15(17,12-2-4-13(16)5-3-12)14(21)19-8-6-18(7-9-19)10-11-20;/h2-5,20H,6-11,17H2,1H3;1H. The van der Waals surface area contributed by atoms with Gasteiger partial charge >= 0.3 is 0 Å². The Hall–Kier alpha value is -0.660. The first-order valence-corrected chi connectivity index (χ1v) is 7.92. The second-order valence-electron chi connectivity index (χ2n) is 5.57. The third kappa shape index (κ3) is 4.43. The highest BCUT2D eigenvalue weighted by molar-refractivity contribution is 9.10. The summed E-state index contributed by atoms with van der Waals surface area (Å²) in [6.07, 6.45) is 0. The number of aliphatic hydroxyl groups excluding tert-OH is 1.